The highest BCUT2D eigenvalue weighted by Gasteiger charge is 2.30. The van der Waals surface area contributed by atoms with Gasteiger partial charge in [0.25, 0.3) is 0 Å². The summed E-state index contributed by atoms with van der Waals surface area (Å²) in [7, 11) is 0. The first-order valence-corrected chi connectivity index (χ1v) is 8.90. The molecule has 0 bridgehead atoms. The number of furan rings is 1. The fourth-order valence-corrected chi connectivity index (χ4v) is 4.31. The molecule has 1 fully saturated rings. The van der Waals surface area contributed by atoms with E-state index in [0.717, 1.165) is 35.9 Å². The van der Waals surface area contributed by atoms with Gasteiger partial charge in [-0.1, -0.05) is 18.2 Å². The van der Waals surface area contributed by atoms with Gasteiger partial charge in [0.05, 0.1) is 18.7 Å². The highest BCUT2D eigenvalue weighted by atomic mass is 32.1. The largest absolute Gasteiger partial charge is 0.464 e. The first-order chi connectivity index (χ1) is 11.2. The number of fused-ring (bicyclic) bond motifs is 1. The van der Waals surface area contributed by atoms with E-state index in [1.807, 2.05) is 17.9 Å². The van der Waals surface area contributed by atoms with Crippen molar-refractivity contribution in [1.29, 1.82) is 0 Å². The van der Waals surface area contributed by atoms with Crippen LogP contribution in [0, 0.1) is 6.92 Å². The van der Waals surface area contributed by atoms with Crippen LogP contribution in [-0.2, 0) is 11.2 Å². The van der Waals surface area contributed by atoms with Crippen molar-refractivity contribution >= 4 is 28.2 Å². The molecule has 1 unspecified atom stereocenters. The molecular formula is C19H19NO2S. The van der Waals surface area contributed by atoms with Crippen molar-refractivity contribution in [2.24, 2.45) is 0 Å². The third-order valence-electron chi connectivity index (χ3n) is 4.60. The van der Waals surface area contributed by atoms with Crippen LogP contribution in [0.15, 0.2) is 46.4 Å². The summed E-state index contributed by atoms with van der Waals surface area (Å²) in [6.45, 7) is 2.90. The van der Waals surface area contributed by atoms with Crippen molar-refractivity contribution in [3.8, 4) is 0 Å². The van der Waals surface area contributed by atoms with Crippen molar-refractivity contribution in [2.45, 2.75) is 32.2 Å². The average Bonchev–Trinajstić information content (AvgIpc) is 3.27. The highest BCUT2D eigenvalue weighted by Crippen LogP contribution is 2.35. The summed E-state index contributed by atoms with van der Waals surface area (Å²) in [6.07, 6.45) is 4.30. The Morgan fingerprint density at radius 2 is 2.30 bits per heavy atom. The Morgan fingerprint density at radius 3 is 3.13 bits per heavy atom. The van der Waals surface area contributed by atoms with Crippen molar-refractivity contribution in [3.63, 3.8) is 0 Å². The maximum Gasteiger partial charge on any atom is 0.227 e. The van der Waals surface area contributed by atoms with Gasteiger partial charge in [0.1, 0.15) is 5.58 Å². The molecule has 1 amide bonds. The van der Waals surface area contributed by atoms with E-state index in [2.05, 4.69) is 29.6 Å². The second kappa shape index (κ2) is 5.85. The molecule has 1 aliphatic rings. The average molecular weight is 325 g/mol. The molecule has 1 aromatic carbocycles. The van der Waals surface area contributed by atoms with E-state index in [4.69, 9.17) is 4.42 Å². The number of amides is 1. The zero-order chi connectivity index (χ0) is 15.8. The van der Waals surface area contributed by atoms with E-state index in [-0.39, 0.29) is 11.9 Å². The Bertz CT molecular complexity index is 834. The van der Waals surface area contributed by atoms with E-state index in [1.165, 1.54) is 10.4 Å². The van der Waals surface area contributed by atoms with Gasteiger partial charge in [0.15, 0.2) is 0 Å². The lowest BCUT2D eigenvalue weighted by molar-refractivity contribution is -0.131. The van der Waals surface area contributed by atoms with Crippen molar-refractivity contribution in [3.05, 3.63) is 58.0 Å². The third kappa shape index (κ3) is 2.68. The summed E-state index contributed by atoms with van der Waals surface area (Å²) in [6, 6.07) is 10.6. The lowest BCUT2D eigenvalue weighted by atomic mass is 10.1. The molecule has 4 rings (SSSR count). The maximum atomic E-state index is 12.8. The van der Waals surface area contributed by atoms with Crippen LogP contribution in [0.1, 0.15) is 34.9 Å². The SMILES string of the molecule is Cc1ccc2c(CC(=O)N3CCCC3c3cccs3)coc2c1. The van der Waals surface area contributed by atoms with Gasteiger partial charge in [-0.15, -0.1) is 11.3 Å². The second-order valence-corrected chi connectivity index (χ2v) is 7.18. The summed E-state index contributed by atoms with van der Waals surface area (Å²) >= 11 is 1.74. The van der Waals surface area contributed by atoms with Crippen LogP contribution in [0.5, 0.6) is 0 Å². The zero-order valence-corrected chi connectivity index (χ0v) is 13.9. The Balaban J connectivity index is 1.57. The molecule has 1 atom stereocenters. The first kappa shape index (κ1) is 14.5. The molecule has 118 valence electrons. The number of carbonyl (C=O) groups excluding carboxylic acids is 1. The number of nitrogens with zero attached hydrogens (tertiary/aromatic N) is 1. The summed E-state index contributed by atoms with van der Waals surface area (Å²) in [5.41, 5.74) is 3.02. The number of rotatable bonds is 3. The van der Waals surface area contributed by atoms with E-state index < -0.39 is 0 Å². The van der Waals surface area contributed by atoms with Crippen LogP contribution in [-0.4, -0.2) is 17.4 Å². The van der Waals surface area contributed by atoms with Crippen LogP contribution in [0.3, 0.4) is 0 Å². The molecule has 0 N–H and O–H groups in total. The standard InChI is InChI=1S/C19H19NO2S/c1-13-6-7-15-14(12-22-17(15)10-13)11-19(21)20-8-2-4-16(20)18-5-3-9-23-18/h3,5-7,9-10,12,16H,2,4,8,11H2,1H3. The van der Waals surface area contributed by atoms with Gasteiger partial charge in [-0.3, -0.25) is 4.79 Å². The lowest BCUT2D eigenvalue weighted by Gasteiger charge is -2.23. The van der Waals surface area contributed by atoms with Gasteiger partial charge < -0.3 is 9.32 Å². The van der Waals surface area contributed by atoms with Crippen LogP contribution in [0.2, 0.25) is 0 Å². The van der Waals surface area contributed by atoms with Crippen molar-refractivity contribution in [1.82, 2.24) is 4.90 Å². The first-order valence-electron chi connectivity index (χ1n) is 8.02. The van der Waals surface area contributed by atoms with Crippen molar-refractivity contribution in [2.75, 3.05) is 6.54 Å². The highest BCUT2D eigenvalue weighted by molar-refractivity contribution is 7.10. The summed E-state index contributed by atoms with van der Waals surface area (Å²) in [5, 5.41) is 3.14. The van der Waals surface area contributed by atoms with Gasteiger partial charge in [0.2, 0.25) is 5.91 Å². The molecular weight excluding hydrogens is 306 g/mol. The molecule has 1 aliphatic heterocycles. The molecule has 3 nitrogen and oxygen atoms in total. The molecule has 0 spiro atoms. The smallest absolute Gasteiger partial charge is 0.227 e. The number of benzene rings is 1. The molecule has 3 heterocycles. The zero-order valence-electron chi connectivity index (χ0n) is 13.1. The molecule has 2 aromatic heterocycles. The molecule has 3 aromatic rings. The van der Waals surface area contributed by atoms with Gasteiger partial charge >= 0.3 is 0 Å². The minimum atomic E-state index is 0.198. The monoisotopic (exact) mass is 325 g/mol. The van der Waals surface area contributed by atoms with E-state index in [0.29, 0.717) is 6.42 Å². The molecule has 0 aliphatic carbocycles. The Morgan fingerprint density at radius 1 is 1.39 bits per heavy atom. The molecule has 1 saturated heterocycles. The minimum Gasteiger partial charge on any atom is -0.464 e. The van der Waals surface area contributed by atoms with Gasteiger partial charge in [-0.25, -0.2) is 0 Å². The number of hydrogen-bond donors (Lipinski definition) is 0. The number of likely N-dealkylation sites (tertiary alicyclic amines) is 1. The third-order valence-corrected chi connectivity index (χ3v) is 5.57. The van der Waals surface area contributed by atoms with Gasteiger partial charge in [-0.05, 0) is 42.8 Å². The molecule has 0 saturated carbocycles. The molecule has 23 heavy (non-hydrogen) atoms. The predicted octanol–water partition coefficient (Wildman–Crippen LogP) is 4.71. The van der Waals surface area contributed by atoms with Crippen LogP contribution < -0.4 is 0 Å². The number of thiophene rings is 1. The quantitative estimate of drug-likeness (QED) is 0.699. The fourth-order valence-electron chi connectivity index (χ4n) is 3.43. The molecule has 4 heteroatoms. The van der Waals surface area contributed by atoms with Crippen molar-refractivity contribution < 1.29 is 9.21 Å². The molecule has 0 radical (unpaired) electrons. The number of carbonyl (C=O) groups is 1. The fraction of sp³-hybridized carbons (Fsp3) is 0.316. The Hall–Kier alpha value is -2.07. The van der Waals surface area contributed by atoms with E-state index >= 15 is 0 Å². The van der Waals surface area contributed by atoms with Crippen LogP contribution in [0.4, 0.5) is 0 Å². The Kier molecular flexibility index (Phi) is 3.69. The lowest BCUT2D eigenvalue weighted by Crippen LogP contribution is -2.31. The van der Waals surface area contributed by atoms with Crippen LogP contribution >= 0.6 is 11.3 Å². The summed E-state index contributed by atoms with van der Waals surface area (Å²) in [5.74, 6) is 0.198. The number of hydrogen-bond acceptors (Lipinski definition) is 3. The van der Waals surface area contributed by atoms with Gasteiger partial charge in [-0.2, -0.15) is 0 Å². The summed E-state index contributed by atoms with van der Waals surface area (Å²) in [4.78, 5) is 16.2. The number of aryl methyl sites for hydroxylation is 1. The minimum absolute atomic E-state index is 0.198. The second-order valence-electron chi connectivity index (χ2n) is 6.20. The van der Waals surface area contributed by atoms with Gasteiger partial charge in [0, 0.05) is 22.4 Å². The normalized spacial score (nSPS) is 18.0. The topological polar surface area (TPSA) is 33.5 Å². The van der Waals surface area contributed by atoms with Crippen LogP contribution in [0.25, 0.3) is 11.0 Å². The van der Waals surface area contributed by atoms with E-state index in [9.17, 15) is 4.79 Å². The predicted molar refractivity (Wildman–Crippen MR) is 92.7 cm³/mol. The van der Waals surface area contributed by atoms with E-state index in [1.54, 1.807) is 17.6 Å². The maximum absolute atomic E-state index is 12.8. The summed E-state index contributed by atoms with van der Waals surface area (Å²) < 4.78 is 5.62. The Labute approximate surface area is 139 Å².